The van der Waals surface area contributed by atoms with Crippen molar-refractivity contribution < 1.29 is 4.39 Å². The van der Waals surface area contributed by atoms with Crippen molar-refractivity contribution in [2.75, 3.05) is 0 Å². The summed E-state index contributed by atoms with van der Waals surface area (Å²) in [5.41, 5.74) is 2.25. The van der Waals surface area contributed by atoms with Gasteiger partial charge in [-0.1, -0.05) is 12.1 Å². The van der Waals surface area contributed by atoms with E-state index in [9.17, 15) is 4.39 Å². The zero-order chi connectivity index (χ0) is 13.2. The molecule has 0 spiro atoms. The van der Waals surface area contributed by atoms with Crippen LogP contribution in [0.3, 0.4) is 0 Å². The van der Waals surface area contributed by atoms with Gasteiger partial charge in [-0.15, -0.1) is 22.7 Å². The van der Waals surface area contributed by atoms with E-state index in [-0.39, 0.29) is 5.82 Å². The molecule has 0 saturated heterocycles. The Morgan fingerprint density at radius 3 is 2.42 bits per heavy atom. The van der Waals surface area contributed by atoms with E-state index in [1.54, 1.807) is 11.3 Å². The van der Waals surface area contributed by atoms with Gasteiger partial charge in [-0.25, -0.2) is 4.39 Å². The lowest BCUT2D eigenvalue weighted by Gasteiger charge is -1.96. The fourth-order valence-electron chi connectivity index (χ4n) is 2.02. The highest BCUT2D eigenvalue weighted by Crippen LogP contribution is 2.28. The van der Waals surface area contributed by atoms with Crippen LogP contribution in [0.1, 0.15) is 14.6 Å². The second-order valence-corrected chi connectivity index (χ2v) is 6.87. The number of hydrogen-bond donors (Lipinski definition) is 0. The van der Waals surface area contributed by atoms with E-state index in [2.05, 4.69) is 30.5 Å². The summed E-state index contributed by atoms with van der Waals surface area (Å²) in [5.74, 6) is -0.187. The van der Waals surface area contributed by atoms with Crippen LogP contribution in [-0.2, 0) is 6.42 Å². The molecule has 0 aliphatic heterocycles. The van der Waals surface area contributed by atoms with Crippen LogP contribution < -0.4 is 0 Å². The molecule has 3 aromatic rings. The van der Waals surface area contributed by atoms with E-state index in [1.807, 2.05) is 23.5 Å². The average Bonchev–Trinajstić information content (AvgIpc) is 3.00. The maximum atomic E-state index is 12.9. The van der Waals surface area contributed by atoms with Gasteiger partial charge in [0.25, 0.3) is 0 Å². The molecule has 0 nitrogen and oxygen atoms in total. The fraction of sp³-hybridized carbons (Fsp3) is 0.125. The monoisotopic (exact) mass is 288 g/mol. The van der Waals surface area contributed by atoms with E-state index in [1.165, 1.54) is 32.3 Å². The van der Waals surface area contributed by atoms with Crippen molar-refractivity contribution in [3.8, 4) is 11.1 Å². The predicted octanol–water partition coefficient (Wildman–Crippen LogP) is 5.51. The summed E-state index contributed by atoms with van der Waals surface area (Å²) < 4.78 is 12.9. The summed E-state index contributed by atoms with van der Waals surface area (Å²) in [6.45, 7) is 2.13. The fourth-order valence-corrected chi connectivity index (χ4v) is 3.94. The molecule has 2 heterocycles. The summed E-state index contributed by atoms with van der Waals surface area (Å²) in [6.07, 6.45) is 0.990. The third-order valence-electron chi connectivity index (χ3n) is 2.98. The number of thiophene rings is 2. The Morgan fingerprint density at radius 2 is 1.74 bits per heavy atom. The topological polar surface area (TPSA) is 0 Å². The molecule has 0 aliphatic rings. The molecule has 3 rings (SSSR count). The van der Waals surface area contributed by atoms with Gasteiger partial charge in [0.2, 0.25) is 0 Å². The molecular weight excluding hydrogens is 275 g/mol. The SMILES string of the molecule is Cc1ccc(Cc2cc(-c3ccc(F)cc3)cs2)s1. The molecule has 0 amide bonds. The number of hydrogen-bond acceptors (Lipinski definition) is 2. The third kappa shape index (κ3) is 2.94. The largest absolute Gasteiger partial charge is 0.207 e. The Kier molecular flexibility index (Phi) is 3.49. The summed E-state index contributed by atoms with van der Waals surface area (Å²) >= 11 is 3.61. The summed E-state index contributed by atoms with van der Waals surface area (Å²) in [6, 6.07) is 13.2. The Labute approximate surface area is 120 Å². The number of rotatable bonds is 3. The Hall–Kier alpha value is -1.45. The van der Waals surface area contributed by atoms with Gasteiger partial charge in [0.15, 0.2) is 0 Å². The molecule has 96 valence electrons. The third-order valence-corrected chi connectivity index (χ3v) is 4.91. The molecule has 0 aliphatic carbocycles. The molecule has 0 radical (unpaired) electrons. The highest BCUT2D eigenvalue weighted by molar-refractivity contribution is 7.12. The zero-order valence-electron chi connectivity index (χ0n) is 10.5. The molecule has 0 saturated carbocycles. The van der Waals surface area contributed by atoms with Gasteiger partial charge < -0.3 is 0 Å². The van der Waals surface area contributed by atoms with E-state index in [0.717, 1.165) is 12.0 Å². The minimum atomic E-state index is -0.187. The summed E-state index contributed by atoms with van der Waals surface area (Å²) in [7, 11) is 0. The van der Waals surface area contributed by atoms with E-state index >= 15 is 0 Å². The molecule has 1 aromatic carbocycles. The van der Waals surface area contributed by atoms with Crippen molar-refractivity contribution >= 4 is 22.7 Å². The Morgan fingerprint density at radius 1 is 0.947 bits per heavy atom. The maximum absolute atomic E-state index is 12.9. The van der Waals surface area contributed by atoms with Crippen molar-refractivity contribution in [3.05, 3.63) is 68.3 Å². The minimum absolute atomic E-state index is 0.187. The highest BCUT2D eigenvalue weighted by atomic mass is 32.1. The first kappa shape index (κ1) is 12.6. The van der Waals surface area contributed by atoms with E-state index in [4.69, 9.17) is 0 Å². The van der Waals surface area contributed by atoms with Crippen LogP contribution in [0.15, 0.2) is 47.8 Å². The van der Waals surface area contributed by atoms with Crippen LogP contribution in [-0.4, -0.2) is 0 Å². The van der Waals surface area contributed by atoms with Crippen LogP contribution in [0.4, 0.5) is 4.39 Å². The van der Waals surface area contributed by atoms with E-state index in [0.29, 0.717) is 0 Å². The molecule has 0 bridgehead atoms. The normalized spacial score (nSPS) is 10.8. The molecule has 0 fully saturated rings. The second kappa shape index (κ2) is 5.27. The van der Waals surface area contributed by atoms with Gasteiger partial charge in [-0.2, -0.15) is 0 Å². The maximum Gasteiger partial charge on any atom is 0.123 e. The molecule has 0 unspecified atom stereocenters. The lowest BCUT2D eigenvalue weighted by Crippen LogP contribution is -1.78. The highest BCUT2D eigenvalue weighted by Gasteiger charge is 2.05. The van der Waals surface area contributed by atoms with Crippen LogP contribution in [0.5, 0.6) is 0 Å². The van der Waals surface area contributed by atoms with Crippen molar-refractivity contribution in [2.45, 2.75) is 13.3 Å². The molecule has 3 heteroatoms. The van der Waals surface area contributed by atoms with Gasteiger partial charge in [-0.05, 0) is 53.8 Å². The minimum Gasteiger partial charge on any atom is -0.207 e. The first-order valence-corrected chi connectivity index (χ1v) is 7.79. The van der Waals surface area contributed by atoms with Crippen molar-refractivity contribution in [1.29, 1.82) is 0 Å². The van der Waals surface area contributed by atoms with Gasteiger partial charge >= 0.3 is 0 Å². The lowest BCUT2D eigenvalue weighted by molar-refractivity contribution is 0.628. The van der Waals surface area contributed by atoms with Crippen LogP contribution in [0, 0.1) is 12.7 Å². The number of aryl methyl sites for hydroxylation is 1. The summed E-state index contributed by atoms with van der Waals surface area (Å²) in [4.78, 5) is 4.09. The first-order chi connectivity index (χ1) is 9.20. The predicted molar refractivity (Wildman–Crippen MR) is 81.6 cm³/mol. The number of halogens is 1. The second-order valence-electron chi connectivity index (χ2n) is 4.50. The van der Waals surface area contributed by atoms with Crippen LogP contribution in [0.2, 0.25) is 0 Å². The van der Waals surface area contributed by atoms with Crippen LogP contribution >= 0.6 is 22.7 Å². The van der Waals surface area contributed by atoms with E-state index < -0.39 is 0 Å². The van der Waals surface area contributed by atoms with Crippen LogP contribution in [0.25, 0.3) is 11.1 Å². The zero-order valence-corrected chi connectivity index (χ0v) is 12.2. The number of benzene rings is 1. The van der Waals surface area contributed by atoms with Gasteiger partial charge in [-0.3, -0.25) is 0 Å². The molecule has 0 N–H and O–H groups in total. The lowest BCUT2D eigenvalue weighted by atomic mass is 10.1. The average molecular weight is 288 g/mol. The first-order valence-electron chi connectivity index (χ1n) is 6.09. The summed E-state index contributed by atoms with van der Waals surface area (Å²) in [5, 5.41) is 2.14. The van der Waals surface area contributed by atoms with Gasteiger partial charge in [0, 0.05) is 21.1 Å². The Bertz CT molecular complexity index is 677. The van der Waals surface area contributed by atoms with Gasteiger partial charge in [0.05, 0.1) is 0 Å². The molecular formula is C16H13FS2. The molecule has 19 heavy (non-hydrogen) atoms. The Balaban J connectivity index is 1.81. The van der Waals surface area contributed by atoms with Gasteiger partial charge in [0.1, 0.15) is 5.82 Å². The molecule has 2 aromatic heterocycles. The molecule has 0 atom stereocenters. The van der Waals surface area contributed by atoms with Crippen molar-refractivity contribution in [2.24, 2.45) is 0 Å². The standard InChI is InChI=1S/C16H13FS2/c1-11-2-7-15(19-11)9-16-8-13(10-18-16)12-3-5-14(17)6-4-12/h2-8,10H,9H2,1H3. The quantitative estimate of drug-likeness (QED) is 0.595. The smallest absolute Gasteiger partial charge is 0.123 e. The van der Waals surface area contributed by atoms with Crippen molar-refractivity contribution in [3.63, 3.8) is 0 Å². The van der Waals surface area contributed by atoms with Crippen molar-refractivity contribution in [1.82, 2.24) is 0 Å².